The van der Waals surface area contributed by atoms with Crippen LogP contribution in [0.5, 0.6) is 0 Å². The van der Waals surface area contributed by atoms with E-state index in [2.05, 4.69) is 21.7 Å². The van der Waals surface area contributed by atoms with Gasteiger partial charge < -0.3 is 10.6 Å². The average Bonchev–Trinajstić information content (AvgIpc) is 2.15. The Kier molecular flexibility index (Phi) is 1.31. The van der Waals surface area contributed by atoms with Crippen molar-refractivity contribution in [2.24, 2.45) is 0 Å². The number of hydrogen-bond acceptors (Lipinski definition) is 3. The molecule has 2 N–H and O–H groups in total. The van der Waals surface area contributed by atoms with E-state index in [-0.39, 0.29) is 0 Å². The third-order valence-electron chi connectivity index (χ3n) is 3.12. The van der Waals surface area contributed by atoms with Gasteiger partial charge in [0.1, 0.15) is 5.82 Å². The Labute approximate surface area is 77.6 Å². The molecule has 1 saturated carbocycles. The number of anilines is 2. The summed E-state index contributed by atoms with van der Waals surface area (Å²) >= 11 is 0. The quantitative estimate of drug-likeness (QED) is 0.631. The number of nitrogens with zero attached hydrogens (tertiary/aromatic N) is 1. The summed E-state index contributed by atoms with van der Waals surface area (Å²) in [5, 5.41) is 6.97. The molecule has 0 amide bonds. The van der Waals surface area contributed by atoms with Gasteiger partial charge in [-0.1, -0.05) is 0 Å². The maximum Gasteiger partial charge on any atom is 0.149 e. The van der Waals surface area contributed by atoms with E-state index in [9.17, 15) is 0 Å². The van der Waals surface area contributed by atoms with Crippen LogP contribution in [0.1, 0.15) is 19.3 Å². The molecule has 1 aromatic rings. The molecule has 1 aromatic heterocycles. The Bertz CT molecular complexity index is 331. The summed E-state index contributed by atoms with van der Waals surface area (Å²) in [7, 11) is 0. The van der Waals surface area contributed by atoms with Crippen molar-refractivity contribution < 1.29 is 0 Å². The first-order valence-electron chi connectivity index (χ1n) is 4.85. The fraction of sp³-hybridized carbons (Fsp3) is 0.500. The van der Waals surface area contributed by atoms with Crippen molar-refractivity contribution in [1.82, 2.24) is 4.98 Å². The molecule has 0 unspecified atom stereocenters. The monoisotopic (exact) mass is 175 g/mol. The van der Waals surface area contributed by atoms with Gasteiger partial charge in [0.05, 0.1) is 11.2 Å². The number of hydrogen-bond donors (Lipinski definition) is 2. The largest absolute Gasteiger partial charge is 0.380 e. The fourth-order valence-corrected chi connectivity index (χ4v) is 2.11. The van der Waals surface area contributed by atoms with E-state index in [1.165, 1.54) is 19.3 Å². The van der Waals surface area contributed by atoms with Gasteiger partial charge in [-0.05, 0) is 31.4 Å². The van der Waals surface area contributed by atoms with Gasteiger partial charge in [-0.3, -0.25) is 0 Å². The molecule has 2 heterocycles. The van der Waals surface area contributed by atoms with Crippen LogP contribution in [0.15, 0.2) is 18.3 Å². The van der Waals surface area contributed by atoms with E-state index in [0.29, 0.717) is 5.54 Å². The first kappa shape index (κ1) is 7.18. The van der Waals surface area contributed by atoms with E-state index in [0.717, 1.165) is 18.1 Å². The normalized spacial score (nSPS) is 22.5. The molecular formula is C10H13N3. The smallest absolute Gasteiger partial charge is 0.149 e. The SMILES string of the molecule is c1cnc2c(c1)NCC1(CCC1)N2. The molecule has 0 radical (unpaired) electrons. The minimum atomic E-state index is 0.321. The standard InChI is InChI=1S/C10H13N3/c1-3-8-9(11-6-1)13-10(7-12-8)4-2-5-10/h1,3,6,12H,2,4-5,7H2,(H,11,13). The van der Waals surface area contributed by atoms with Gasteiger partial charge in [0, 0.05) is 12.7 Å². The number of aromatic nitrogens is 1. The van der Waals surface area contributed by atoms with Crippen molar-refractivity contribution in [2.45, 2.75) is 24.8 Å². The van der Waals surface area contributed by atoms with Crippen LogP contribution >= 0.6 is 0 Å². The van der Waals surface area contributed by atoms with Crippen LogP contribution in [0.3, 0.4) is 0 Å². The molecule has 1 fully saturated rings. The molecule has 0 aromatic carbocycles. The van der Waals surface area contributed by atoms with Crippen LogP contribution < -0.4 is 10.6 Å². The van der Waals surface area contributed by atoms with Crippen molar-refractivity contribution in [1.29, 1.82) is 0 Å². The number of nitrogens with one attached hydrogen (secondary N) is 2. The minimum absolute atomic E-state index is 0.321. The topological polar surface area (TPSA) is 37.0 Å². The lowest BCUT2D eigenvalue weighted by atomic mass is 9.76. The van der Waals surface area contributed by atoms with Crippen LogP contribution in [-0.2, 0) is 0 Å². The van der Waals surface area contributed by atoms with Crippen molar-refractivity contribution in [2.75, 3.05) is 17.2 Å². The zero-order valence-electron chi connectivity index (χ0n) is 7.51. The maximum atomic E-state index is 4.32. The van der Waals surface area contributed by atoms with Crippen molar-refractivity contribution in [3.8, 4) is 0 Å². The molecule has 3 rings (SSSR count). The maximum absolute atomic E-state index is 4.32. The van der Waals surface area contributed by atoms with Gasteiger partial charge in [-0.25, -0.2) is 4.98 Å². The van der Waals surface area contributed by atoms with E-state index in [1.807, 2.05) is 12.3 Å². The Morgan fingerprint density at radius 3 is 3.08 bits per heavy atom. The number of rotatable bonds is 0. The van der Waals surface area contributed by atoms with Crippen molar-refractivity contribution >= 4 is 11.5 Å². The molecule has 0 bridgehead atoms. The summed E-state index contributed by atoms with van der Waals surface area (Å²) in [5.41, 5.74) is 1.46. The number of pyridine rings is 1. The molecular weight excluding hydrogens is 162 g/mol. The fourth-order valence-electron chi connectivity index (χ4n) is 2.11. The Morgan fingerprint density at radius 1 is 1.38 bits per heavy atom. The molecule has 68 valence electrons. The van der Waals surface area contributed by atoms with Crippen molar-refractivity contribution in [3.05, 3.63) is 18.3 Å². The molecule has 2 aliphatic rings. The summed E-state index contributed by atoms with van der Waals surface area (Å²) in [5.74, 6) is 1.02. The Morgan fingerprint density at radius 2 is 2.31 bits per heavy atom. The molecule has 0 saturated heterocycles. The Hall–Kier alpha value is -1.25. The van der Waals surface area contributed by atoms with E-state index in [1.54, 1.807) is 0 Å². The van der Waals surface area contributed by atoms with Crippen molar-refractivity contribution in [3.63, 3.8) is 0 Å². The predicted molar refractivity (Wildman–Crippen MR) is 52.9 cm³/mol. The highest BCUT2D eigenvalue weighted by Crippen LogP contribution is 2.39. The van der Waals surface area contributed by atoms with Gasteiger partial charge >= 0.3 is 0 Å². The molecule has 13 heavy (non-hydrogen) atoms. The van der Waals surface area contributed by atoms with E-state index >= 15 is 0 Å². The summed E-state index contributed by atoms with van der Waals surface area (Å²) < 4.78 is 0. The molecule has 0 atom stereocenters. The van der Waals surface area contributed by atoms with Gasteiger partial charge in [0.15, 0.2) is 0 Å². The third-order valence-corrected chi connectivity index (χ3v) is 3.12. The predicted octanol–water partition coefficient (Wildman–Crippen LogP) is 1.84. The summed E-state index contributed by atoms with van der Waals surface area (Å²) in [6.45, 7) is 1.05. The van der Waals surface area contributed by atoms with E-state index < -0.39 is 0 Å². The first-order valence-corrected chi connectivity index (χ1v) is 4.85. The van der Waals surface area contributed by atoms with E-state index in [4.69, 9.17) is 0 Å². The second kappa shape index (κ2) is 2.37. The zero-order chi connectivity index (χ0) is 8.73. The molecule has 3 nitrogen and oxygen atoms in total. The van der Waals surface area contributed by atoms with Gasteiger partial charge in [0.25, 0.3) is 0 Å². The van der Waals surface area contributed by atoms with Crippen LogP contribution in [-0.4, -0.2) is 17.1 Å². The van der Waals surface area contributed by atoms with Gasteiger partial charge in [0.2, 0.25) is 0 Å². The average molecular weight is 175 g/mol. The number of fused-ring (bicyclic) bond motifs is 1. The highest BCUT2D eigenvalue weighted by atomic mass is 15.2. The van der Waals surface area contributed by atoms with Gasteiger partial charge in [-0.15, -0.1) is 0 Å². The lowest BCUT2D eigenvalue weighted by Gasteiger charge is -2.46. The Balaban J connectivity index is 1.94. The highest BCUT2D eigenvalue weighted by Gasteiger charge is 2.39. The molecule has 1 spiro atoms. The second-order valence-electron chi connectivity index (χ2n) is 4.01. The first-order chi connectivity index (χ1) is 6.38. The highest BCUT2D eigenvalue weighted by molar-refractivity contribution is 5.68. The molecule has 1 aliphatic carbocycles. The lowest BCUT2D eigenvalue weighted by Crippen LogP contribution is -2.53. The van der Waals surface area contributed by atoms with Crippen LogP contribution in [0, 0.1) is 0 Å². The molecule has 3 heteroatoms. The van der Waals surface area contributed by atoms with Gasteiger partial charge in [-0.2, -0.15) is 0 Å². The summed E-state index contributed by atoms with van der Waals surface area (Å²) in [6.07, 6.45) is 5.73. The summed E-state index contributed by atoms with van der Waals surface area (Å²) in [4.78, 5) is 4.32. The van der Waals surface area contributed by atoms with Crippen LogP contribution in [0.4, 0.5) is 11.5 Å². The summed E-state index contributed by atoms with van der Waals surface area (Å²) in [6, 6.07) is 4.03. The third kappa shape index (κ3) is 0.996. The lowest BCUT2D eigenvalue weighted by molar-refractivity contribution is 0.290. The van der Waals surface area contributed by atoms with Crippen LogP contribution in [0.2, 0.25) is 0 Å². The second-order valence-corrected chi connectivity index (χ2v) is 4.01. The molecule has 1 aliphatic heterocycles. The van der Waals surface area contributed by atoms with Crippen LogP contribution in [0.25, 0.3) is 0 Å². The minimum Gasteiger partial charge on any atom is -0.380 e. The zero-order valence-corrected chi connectivity index (χ0v) is 7.51.